The highest BCUT2D eigenvalue weighted by Gasteiger charge is 2.04. The molecule has 1 nitrogen and oxygen atoms in total. The third kappa shape index (κ3) is 3.70. The summed E-state index contributed by atoms with van der Waals surface area (Å²) in [5.74, 6) is 1.79. The number of benzene rings is 1. The number of methoxy groups -OCH3 is 1. The molecule has 1 rings (SSSR count). The quantitative estimate of drug-likeness (QED) is 0.734. The predicted octanol–water partition coefficient (Wildman–Crippen LogP) is 3.87. The fourth-order valence-electron chi connectivity index (χ4n) is 0.987. The van der Waals surface area contributed by atoms with Gasteiger partial charge in [-0.2, -0.15) is 11.8 Å². The van der Waals surface area contributed by atoms with E-state index in [4.69, 9.17) is 27.9 Å². The molecule has 0 aliphatic rings. The van der Waals surface area contributed by atoms with E-state index in [2.05, 4.69) is 0 Å². The molecule has 0 heterocycles. The average molecular weight is 251 g/mol. The maximum absolute atomic E-state index is 6.01. The van der Waals surface area contributed by atoms with E-state index in [1.165, 1.54) is 0 Å². The predicted molar refractivity (Wildman–Crippen MR) is 64.5 cm³/mol. The molecule has 0 N–H and O–H groups in total. The first-order chi connectivity index (χ1) is 6.75. The fraction of sp³-hybridized carbons (Fsp3) is 0.400. The van der Waals surface area contributed by atoms with Crippen LogP contribution in [0.5, 0.6) is 0 Å². The van der Waals surface area contributed by atoms with Crippen LogP contribution >= 0.6 is 35.0 Å². The molecule has 4 heteroatoms. The lowest BCUT2D eigenvalue weighted by atomic mass is 10.2. The summed E-state index contributed by atoms with van der Waals surface area (Å²) in [4.78, 5) is 0. The summed E-state index contributed by atoms with van der Waals surface area (Å²) in [5, 5.41) is 1.48. The summed E-state index contributed by atoms with van der Waals surface area (Å²) in [6.07, 6.45) is 0. The second-order valence-corrected chi connectivity index (χ2v) is 4.67. The highest BCUT2D eigenvalue weighted by molar-refractivity contribution is 7.98. The van der Waals surface area contributed by atoms with Gasteiger partial charge in [0.1, 0.15) is 0 Å². The monoisotopic (exact) mass is 250 g/mol. The number of thioether (sulfide) groups is 1. The molecule has 0 radical (unpaired) electrons. The molecule has 0 aromatic heterocycles. The van der Waals surface area contributed by atoms with Crippen molar-refractivity contribution in [2.75, 3.05) is 19.5 Å². The Balaban J connectivity index is 2.49. The molecule has 78 valence electrons. The molecule has 0 aliphatic carbocycles. The van der Waals surface area contributed by atoms with Crippen molar-refractivity contribution in [3.05, 3.63) is 33.8 Å². The van der Waals surface area contributed by atoms with Crippen LogP contribution in [0.4, 0.5) is 0 Å². The van der Waals surface area contributed by atoms with E-state index < -0.39 is 0 Å². The summed E-state index contributed by atoms with van der Waals surface area (Å²) in [5.41, 5.74) is 1.01. The van der Waals surface area contributed by atoms with Gasteiger partial charge in [-0.1, -0.05) is 29.3 Å². The van der Waals surface area contributed by atoms with Crippen LogP contribution in [0.3, 0.4) is 0 Å². The van der Waals surface area contributed by atoms with Crippen LogP contribution in [0, 0.1) is 0 Å². The van der Waals surface area contributed by atoms with Gasteiger partial charge in [0.15, 0.2) is 0 Å². The van der Waals surface area contributed by atoms with Gasteiger partial charge in [-0.25, -0.2) is 0 Å². The first kappa shape index (κ1) is 12.2. The number of hydrogen-bond acceptors (Lipinski definition) is 2. The van der Waals surface area contributed by atoms with Crippen molar-refractivity contribution in [1.82, 2.24) is 0 Å². The van der Waals surface area contributed by atoms with Gasteiger partial charge in [0.05, 0.1) is 6.61 Å². The Hall–Kier alpha value is 0.110. The second kappa shape index (κ2) is 6.57. The highest BCUT2D eigenvalue weighted by atomic mass is 35.5. The number of ether oxygens (including phenoxy) is 1. The van der Waals surface area contributed by atoms with Crippen molar-refractivity contribution >= 4 is 35.0 Å². The molecular formula is C10H12Cl2OS. The lowest BCUT2D eigenvalue weighted by Gasteiger charge is -2.05. The minimum Gasteiger partial charge on any atom is -0.384 e. The Morgan fingerprint density at radius 3 is 2.50 bits per heavy atom. The first-order valence-electron chi connectivity index (χ1n) is 4.25. The fourth-order valence-corrected chi connectivity index (χ4v) is 2.62. The van der Waals surface area contributed by atoms with Crippen molar-refractivity contribution in [2.45, 2.75) is 5.75 Å². The summed E-state index contributed by atoms with van der Waals surface area (Å²) < 4.78 is 4.95. The maximum atomic E-state index is 6.01. The molecule has 14 heavy (non-hydrogen) atoms. The molecule has 0 spiro atoms. The van der Waals surface area contributed by atoms with Gasteiger partial charge in [0, 0.05) is 28.7 Å². The Morgan fingerprint density at radius 2 is 1.93 bits per heavy atom. The van der Waals surface area contributed by atoms with E-state index in [0.29, 0.717) is 0 Å². The Kier molecular flexibility index (Phi) is 5.71. The molecule has 1 aromatic carbocycles. The van der Waals surface area contributed by atoms with Gasteiger partial charge in [-0.05, 0) is 17.7 Å². The molecule has 1 aromatic rings. The Labute approximate surface area is 98.7 Å². The second-order valence-electron chi connectivity index (χ2n) is 2.75. The van der Waals surface area contributed by atoms with Gasteiger partial charge in [-0.15, -0.1) is 0 Å². The van der Waals surface area contributed by atoms with E-state index >= 15 is 0 Å². The molecule has 0 fully saturated rings. The molecule has 0 aliphatic heterocycles. The number of halogens is 2. The van der Waals surface area contributed by atoms with E-state index in [1.54, 1.807) is 18.9 Å². The zero-order valence-corrected chi connectivity index (χ0v) is 10.3. The number of rotatable bonds is 5. The van der Waals surface area contributed by atoms with E-state index in [1.807, 2.05) is 18.2 Å². The van der Waals surface area contributed by atoms with Crippen LogP contribution in [-0.2, 0) is 10.5 Å². The van der Waals surface area contributed by atoms with Crippen molar-refractivity contribution in [1.29, 1.82) is 0 Å². The minimum atomic E-state index is 0.738. The van der Waals surface area contributed by atoms with Crippen molar-refractivity contribution < 1.29 is 4.74 Å². The van der Waals surface area contributed by atoms with Crippen molar-refractivity contribution in [2.24, 2.45) is 0 Å². The van der Waals surface area contributed by atoms with Crippen LogP contribution in [0.15, 0.2) is 18.2 Å². The first-order valence-corrected chi connectivity index (χ1v) is 6.16. The smallest absolute Gasteiger partial charge is 0.0553 e. The molecule has 0 saturated carbocycles. The largest absolute Gasteiger partial charge is 0.384 e. The molecule has 0 atom stereocenters. The van der Waals surface area contributed by atoms with Crippen LogP contribution < -0.4 is 0 Å². The van der Waals surface area contributed by atoms with E-state index in [0.717, 1.165) is 33.7 Å². The van der Waals surface area contributed by atoms with Crippen LogP contribution in [-0.4, -0.2) is 19.5 Å². The van der Waals surface area contributed by atoms with Crippen LogP contribution in [0.2, 0.25) is 10.0 Å². The van der Waals surface area contributed by atoms with Gasteiger partial charge in [0.25, 0.3) is 0 Å². The Bertz CT molecular complexity index is 271. The lowest BCUT2D eigenvalue weighted by molar-refractivity contribution is 0.218. The highest BCUT2D eigenvalue weighted by Crippen LogP contribution is 2.27. The zero-order chi connectivity index (χ0) is 10.4. The van der Waals surface area contributed by atoms with Gasteiger partial charge < -0.3 is 4.74 Å². The minimum absolute atomic E-state index is 0.738. The normalized spacial score (nSPS) is 10.5. The summed E-state index contributed by atoms with van der Waals surface area (Å²) in [6.45, 7) is 0.757. The van der Waals surface area contributed by atoms with Crippen LogP contribution in [0.25, 0.3) is 0 Å². The number of hydrogen-bond donors (Lipinski definition) is 0. The standard InChI is InChI=1S/C10H12Cl2OS/c1-13-5-6-14-7-8-9(11)3-2-4-10(8)12/h2-4H,5-7H2,1H3. The molecule has 0 unspecified atom stereocenters. The molecule has 0 saturated heterocycles. The van der Waals surface area contributed by atoms with Crippen LogP contribution in [0.1, 0.15) is 5.56 Å². The molecule has 0 amide bonds. The van der Waals surface area contributed by atoms with Gasteiger partial charge in [0.2, 0.25) is 0 Å². The summed E-state index contributed by atoms with van der Waals surface area (Å²) >= 11 is 13.8. The van der Waals surface area contributed by atoms with E-state index in [-0.39, 0.29) is 0 Å². The zero-order valence-electron chi connectivity index (χ0n) is 7.93. The van der Waals surface area contributed by atoms with E-state index in [9.17, 15) is 0 Å². The SMILES string of the molecule is COCCSCc1c(Cl)cccc1Cl. The third-order valence-electron chi connectivity index (χ3n) is 1.74. The molecular weight excluding hydrogens is 239 g/mol. The average Bonchev–Trinajstić information content (AvgIpc) is 2.16. The summed E-state index contributed by atoms with van der Waals surface area (Å²) in [7, 11) is 1.70. The van der Waals surface area contributed by atoms with Crippen molar-refractivity contribution in [3.63, 3.8) is 0 Å². The maximum Gasteiger partial charge on any atom is 0.0553 e. The Morgan fingerprint density at radius 1 is 1.29 bits per heavy atom. The lowest BCUT2D eigenvalue weighted by Crippen LogP contribution is -1.93. The van der Waals surface area contributed by atoms with Gasteiger partial charge >= 0.3 is 0 Å². The van der Waals surface area contributed by atoms with Gasteiger partial charge in [-0.3, -0.25) is 0 Å². The third-order valence-corrected chi connectivity index (χ3v) is 3.40. The van der Waals surface area contributed by atoms with Crippen molar-refractivity contribution in [3.8, 4) is 0 Å². The molecule has 0 bridgehead atoms. The topological polar surface area (TPSA) is 9.23 Å². The summed E-state index contributed by atoms with van der Waals surface area (Å²) in [6, 6.07) is 5.58.